The van der Waals surface area contributed by atoms with E-state index in [2.05, 4.69) is 3.74 Å². The topological polar surface area (TPSA) is 26.3 Å². The molecular formula is C6H5ClO2S. The Morgan fingerprint density at radius 2 is 1.90 bits per heavy atom. The molecule has 10 heavy (non-hydrogen) atoms. The Kier molecular flexibility index (Phi) is 2.86. The van der Waals surface area contributed by atoms with Crippen LogP contribution in [-0.4, -0.2) is 4.21 Å². The van der Waals surface area contributed by atoms with Crippen molar-refractivity contribution >= 4 is 22.9 Å². The fraction of sp³-hybridized carbons (Fsp3) is 0. The molecule has 0 aromatic heterocycles. The summed E-state index contributed by atoms with van der Waals surface area (Å²) in [4.78, 5) is 0.567. The van der Waals surface area contributed by atoms with Crippen LogP contribution in [0.1, 0.15) is 0 Å². The van der Waals surface area contributed by atoms with Crippen molar-refractivity contribution in [2.75, 3.05) is 0 Å². The van der Waals surface area contributed by atoms with Crippen molar-refractivity contribution in [1.29, 1.82) is 0 Å². The first kappa shape index (κ1) is 7.72. The lowest BCUT2D eigenvalue weighted by Gasteiger charge is -1.92. The molecule has 0 saturated carbocycles. The molecular weight excluding hydrogens is 172 g/mol. The summed E-state index contributed by atoms with van der Waals surface area (Å²) in [6.07, 6.45) is 0. The zero-order chi connectivity index (χ0) is 7.40. The third-order valence-electron chi connectivity index (χ3n) is 0.993. The number of hydrogen-bond donors (Lipinski definition) is 0. The number of rotatable bonds is 2. The summed E-state index contributed by atoms with van der Waals surface area (Å²) < 4.78 is 14.9. The molecule has 0 spiro atoms. The molecule has 0 saturated heterocycles. The van der Waals surface area contributed by atoms with Gasteiger partial charge >= 0.3 is 0 Å². The molecule has 1 aromatic carbocycles. The summed E-state index contributed by atoms with van der Waals surface area (Å²) in [5, 5.41) is 0. The number of halogens is 1. The Morgan fingerprint density at radius 3 is 2.40 bits per heavy atom. The minimum Gasteiger partial charge on any atom is -0.223 e. The van der Waals surface area contributed by atoms with E-state index in [0.29, 0.717) is 4.90 Å². The highest BCUT2D eigenvalue weighted by atomic mass is 35.5. The normalized spacial score (nSPS) is 12.9. The maximum Gasteiger partial charge on any atom is 0.206 e. The van der Waals surface area contributed by atoms with E-state index in [1.54, 1.807) is 24.3 Å². The molecule has 0 bridgehead atoms. The van der Waals surface area contributed by atoms with Crippen LogP contribution in [-0.2, 0) is 14.8 Å². The maximum atomic E-state index is 10.8. The second-order valence-electron chi connectivity index (χ2n) is 1.61. The van der Waals surface area contributed by atoms with Gasteiger partial charge in [0.1, 0.15) is 0 Å². The molecule has 2 nitrogen and oxygen atoms in total. The van der Waals surface area contributed by atoms with Gasteiger partial charge in [0.2, 0.25) is 11.1 Å². The van der Waals surface area contributed by atoms with E-state index in [9.17, 15) is 4.21 Å². The van der Waals surface area contributed by atoms with Gasteiger partial charge in [-0.05, 0) is 12.1 Å². The summed E-state index contributed by atoms with van der Waals surface area (Å²) in [5.74, 6) is 0. The van der Waals surface area contributed by atoms with Gasteiger partial charge < -0.3 is 0 Å². The molecule has 0 N–H and O–H groups in total. The third kappa shape index (κ3) is 1.80. The fourth-order valence-corrected chi connectivity index (χ4v) is 1.24. The first-order valence-electron chi connectivity index (χ1n) is 2.60. The highest BCUT2D eigenvalue weighted by Gasteiger charge is 1.99. The third-order valence-corrected chi connectivity index (χ3v) is 2.11. The van der Waals surface area contributed by atoms with Crippen molar-refractivity contribution in [3.8, 4) is 0 Å². The predicted octanol–water partition coefficient (Wildman–Crippen LogP) is 1.88. The van der Waals surface area contributed by atoms with Crippen LogP contribution in [0, 0.1) is 0 Å². The van der Waals surface area contributed by atoms with Gasteiger partial charge in [0, 0.05) is 0 Å². The van der Waals surface area contributed by atoms with E-state index in [0.717, 1.165) is 0 Å². The minimum absolute atomic E-state index is 0.567. The van der Waals surface area contributed by atoms with Crippen LogP contribution in [0.5, 0.6) is 0 Å². The lowest BCUT2D eigenvalue weighted by Crippen LogP contribution is -1.87. The Bertz CT molecular complexity index is 224. The van der Waals surface area contributed by atoms with Crippen molar-refractivity contribution in [3.63, 3.8) is 0 Å². The van der Waals surface area contributed by atoms with E-state index in [-0.39, 0.29) is 0 Å². The van der Waals surface area contributed by atoms with Gasteiger partial charge in [-0.2, -0.15) is 3.74 Å². The van der Waals surface area contributed by atoms with Crippen LogP contribution in [0.3, 0.4) is 0 Å². The molecule has 1 rings (SSSR count). The maximum absolute atomic E-state index is 10.8. The van der Waals surface area contributed by atoms with Gasteiger partial charge in [0.25, 0.3) is 0 Å². The van der Waals surface area contributed by atoms with Crippen LogP contribution in [0.25, 0.3) is 0 Å². The van der Waals surface area contributed by atoms with E-state index in [1.165, 1.54) is 0 Å². The first-order valence-corrected chi connectivity index (χ1v) is 3.99. The molecule has 0 fully saturated rings. The van der Waals surface area contributed by atoms with Crippen molar-refractivity contribution < 1.29 is 7.94 Å². The zero-order valence-corrected chi connectivity index (χ0v) is 6.56. The second kappa shape index (κ2) is 3.71. The van der Waals surface area contributed by atoms with Crippen molar-refractivity contribution in [1.82, 2.24) is 0 Å². The van der Waals surface area contributed by atoms with Crippen molar-refractivity contribution in [2.24, 2.45) is 0 Å². The molecule has 4 heteroatoms. The summed E-state index contributed by atoms with van der Waals surface area (Å²) >= 11 is 3.36. The highest BCUT2D eigenvalue weighted by Crippen LogP contribution is 2.06. The fourth-order valence-electron chi connectivity index (χ4n) is 0.568. The molecule has 1 aromatic rings. The smallest absolute Gasteiger partial charge is 0.206 e. The van der Waals surface area contributed by atoms with Crippen LogP contribution in [0.4, 0.5) is 0 Å². The number of hydrogen-bond acceptors (Lipinski definition) is 2. The molecule has 0 amide bonds. The Morgan fingerprint density at radius 1 is 1.30 bits per heavy atom. The largest absolute Gasteiger partial charge is 0.223 e. The van der Waals surface area contributed by atoms with E-state index in [1.807, 2.05) is 6.07 Å². The van der Waals surface area contributed by atoms with Crippen molar-refractivity contribution in [3.05, 3.63) is 30.3 Å². The van der Waals surface area contributed by atoms with Gasteiger partial charge in [-0.15, -0.1) is 0 Å². The quantitative estimate of drug-likeness (QED) is 0.688. The molecule has 1 unspecified atom stereocenters. The summed E-state index contributed by atoms with van der Waals surface area (Å²) in [7, 11) is 0. The number of benzene rings is 1. The molecule has 0 heterocycles. The van der Waals surface area contributed by atoms with Gasteiger partial charge in [-0.3, -0.25) is 0 Å². The Hall–Kier alpha value is -0.380. The molecule has 1 atom stereocenters. The Balaban J connectivity index is 2.85. The molecule has 0 aliphatic heterocycles. The van der Waals surface area contributed by atoms with Crippen LogP contribution < -0.4 is 0 Å². The average Bonchev–Trinajstić information content (AvgIpc) is 2.05. The molecule has 0 aliphatic rings. The first-order chi connectivity index (χ1) is 4.84. The molecule has 0 radical (unpaired) electrons. The lowest BCUT2D eigenvalue weighted by atomic mass is 10.4. The van der Waals surface area contributed by atoms with Gasteiger partial charge in [-0.1, -0.05) is 18.2 Å². The van der Waals surface area contributed by atoms with Crippen LogP contribution in [0.2, 0.25) is 0 Å². The zero-order valence-electron chi connectivity index (χ0n) is 4.99. The standard InChI is InChI=1S/C6H5ClO2S/c7-9-10(8)6-4-2-1-3-5-6/h1-5H. The Labute approximate surface area is 66.6 Å². The van der Waals surface area contributed by atoms with Crippen molar-refractivity contribution in [2.45, 2.75) is 4.90 Å². The van der Waals surface area contributed by atoms with E-state index in [4.69, 9.17) is 11.9 Å². The van der Waals surface area contributed by atoms with Gasteiger partial charge in [0.05, 0.1) is 16.8 Å². The monoisotopic (exact) mass is 176 g/mol. The summed E-state index contributed by atoms with van der Waals surface area (Å²) in [5.41, 5.74) is 0. The van der Waals surface area contributed by atoms with E-state index < -0.39 is 11.1 Å². The van der Waals surface area contributed by atoms with Crippen LogP contribution in [0.15, 0.2) is 35.2 Å². The summed E-state index contributed by atoms with van der Waals surface area (Å²) in [6.45, 7) is 0. The second-order valence-corrected chi connectivity index (χ2v) is 3.06. The lowest BCUT2D eigenvalue weighted by molar-refractivity contribution is 0.597. The molecule has 54 valence electrons. The predicted molar refractivity (Wildman–Crippen MR) is 39.8 cm³/mol. The minimum atomic E-state index is -1.52. The summed E-state index contributed by atoms with van der Waals surface area (Å²) in [6, 6.07) is 8.72. The molecule has 0 aliphatic carbocycles. The van der Waals surface area contributed by atoms with Crippen LogP contribution >= 0.6 is 11.9 Å². The van der Waals surface area contributed by atoms with Gasteiger partial charge in [0.15, 0.2) is 0 Å². The average molecular weight is 177 g/mol. The van der Waals surface area contributed by atoms with E-state index >= 15 is 0 Å². The highest BCUT2D eigenvalue weighted by molar-refractivity contribution is 7.81. The van der Waals surface area contributed by atoms with Gasteiger partial charge in [-0.25, -0.2) is 4.21 Å². The SMILES string of the molecule is O=S(OCl)c1ccccc1.